The van der Waals surface area contributed by atoms with E-state index in [1.165, 1.54) is 32.8 Å². The normalized spacial score (nSPS) is 38.9. The minimum Gasteiger partial charge on any atom is -0.387 e. The van der Waals surface area contributed by atoms with Crippen molar-refractivity contribution in [2.75, 3.05) is 34.5 Å². The molecule has 2 aromatic rings. The van der Waals surface area contributed by atoms with Crippen molar-refractivity contribution < 1.29 is 42.2 Å². The van der Waals surface area contributed by atoms with Crippen molar-refractivity contribution >= 4 is 14.0 Å². The zero-order valence-electron chi connectivity index (χ0n) is 23.6. The average molecular weight is 630 g/mol. The molecule has 5 heterocycles. The topological polar surface area (TPSA) is 224 Å². The first-order valence-electron chi connectivity index (χ1n) is 13.1. The largest absolute Gasteiger partial charge is 0.475 e. The number of aromatic amines is 2. The van der Waals surface area contributed by atoms with Gasteiger partial charge in [0.2, 0.25) is 0 Å². The van der Waals surface area contributed by atoms with Crippen LogP contribution >= 0.6 is 7.82 Å². The highest BCUT2D eigenvalue weighted by Crippen LogP contribution is 2.55. The van der Waals surface area contributed by atoms with E-state index < -0.39 is 91.4 Å². The predicted molar refractivity (Wildman–Crippen MR) is 145 cm³/mol. The molecule has 0 amide bonds. The fourth-order valence-electron chi connectivity index (χ4n) is 5.45. The van der Waals surface area contributed by atoms with Crippen LogP contribution in [0.1, 0.15) is 19.4 Å². The van der Waals surface area contributed by atoms with Gasteiger partial charge in [-0.05, 0) is 0 Å². The summed E-state index contributed by atoms with van der Waals surface area (Å²) in [5.74, 6) is -0.569. The van der Waals surface area contributed by atoms with E-state index in [9.17, 15) is 28.8 Å². The Morgan fingerprint density at radius 1 is 0.977 bits per heavy atom. The summed E-state index contributed by atoms with van der Waals surface area (Å²) in [4.78, 5) is 57.1. The summed E-state index contributed by atoms with van der Waals surface area (Å²) >= 11 is 0. The first-order chi connectivity index (χ1) is 20.5. The van der Waals surface area contributed by atoms with Gasteiger partial charge in [-0.2, -0.15) is 0 Å². The molecule has 0 radical (unpaired) electrons. The van der Waals surface area contributed by atoms with Crippen LogP contribution in [0, 0.1) is 5.92 Å². The number of aliphatic imine (C=N–C) groups is 1. The number of ether oxygens (including phenoxy) is 4. The third kappa shape index (κ3) is 5.77. The molecule has 3 aliphatic rings. The van der Waals surface area contributed by atoms with Crippen LogP contribution in [-0.4, -0.2) is 101 Å². The van der Waals surface area contributed by atoms with Gasteiger partial charge in [-0.15, -0.1) is 0 Å². The van der Waals surface area contributed by atoms with E-state index in [1.807, 2.05) is 0 Å². The Balaban J connectivity index is 1.51. The Kier molecular flexibility index (Phi) is 8.86. The van der Waals surface area contributed by atoms with Gasteiger partial charge in [0.25, 0.3) is 11.1 Å². The van der Waals surface area contributed by atoms with Crippen LogP contribution in [0.5, 0.6) is 0 Å². The molecule has 0 aromatic carbocycles. The van der Waals surface area contributed by atoms with Crippen LogP contribution in [0.15, 0.2) is 48.7 Å². The van der Waals surface area contributed by atoms with Gasteiger partial charge in [0.05, 0.1) is 19.3 Å². The summed E-state index contributed by atoms with van der Waals surface area (Å²) < 4.78 is 56.2. The van der Waals surface area contributed by atoms with E-state index in [2.05, 4.69) is 15.0 Å². The van der Waals surface area contributed by atoms with E-state index in [0.29, 0.717) is 0 Å². The van der Waals surface area contributed by atoms with E-state index in [1.54, 1.807) is 6.92 Å². The Labute approximate surface area is 242 Å². The Morgan fingerprint density at radius 2 is 1.58 bits per heavy atom. The lowest BCUT2D eigenvalue weighted by Crippen LogP contribution is -2.49. The van der Waals surface area contributed by atoms with Crippen LogP contribution in [0.4, 0.5) is 0 Å². The number of aliphatic hydroxyl groups is 1. The number of methoxy groups -OCH3 is 2. The number of nitrogens with zero attached hydrogens (tertiary/aromatic N) is 3. The molecule has 3 N–H and O–H groups in total. The quantitative estimate of drug-likeness (QED) is 0.321. The highest BCUT2D eigenvalue weighted by Gasteiger charge is 2.58. The maximum absolute atomic E-state index is 13.9. The van der Waals surface area contributed by atoms with Crippen molar-refractivity contribution in [3.05, 3.63) is 66.2 Å². The van der Waals surface area contributed by atoms with Crippen LogP contribution in [0.3, 0.4) is 0 Å². The molecule has 2 saturated heterocycles. The van der Waals surface area contributed by atoms with Crippen molar-refractivity contribution in [3.63, 3.8) is 0 Å². The van der Waals surface area contributed by atoms with Gasteiger partial charge in [0.1, 0.15) is 30.0 Å². The van der Waals surface area contributed by atoms with Gasteiger partial charge >= 0.3 is 19.2 Å². The highest BCUT2D eigenvalue weighted by molar-refractivity contribution is 7.48. The molecule has 2 aromatic heterocycles. The average Bonchev–Trinajstić information content (AvgIpc) is 3.45. The Morgan fingerprint density at radius 3 is 2.14 bits per heavy atom. The lowest BCUT2D eigenvalue weighted by Gasteiger charge is -2.32. The van der Waals surface area contributed by atoms with Crippen LogP contribution in [0.2, 0.25) is 0 Å². The van der Waals surface area contributed by atoms with Gasteiger partial charge in [-0.25, -0.2) is 14.2 Å². The van der Waals surface area contributed by atoms with Crippen molar-refractivity contribution in [1.29, 1.82) is 0 Å². The Hall–Kier alpha value is -3.06. The van der Waals surface area contributed by atoms with E-state index in [-0.39, 0.29) is 6.54 Å². The molecule has 2 fully saturated rings. The predicted octanol–water partition coefficient (Wildman–Crippen LogP) is -1.48. The molecule has 236 valence electrons. The van der Waals surface area contributed by atoms with Gasteiger partial charge in [-0.3, -0.25) is 47.3 Å². The third-order valence-corrected chi connectivity index (χ3v) is 9.06. The molecule has 0 bridgehead atoms. The first-order valence-corrected chi connectivity index (χ1v) is 14.6. The second-order valence-corrected chi connectivity index (χ2v) is 12.0. The molecule has 0 saturated carbocycles. The smallest absolute Gasteiger partial charge is 0.387 e. The summed E-state index contributed by atoms with van der Waals surface area (Å²) in [7, 11) is -0.733. The highest BCUT2D eigenvalue weighted by atomic mass is 31.2. The molecule has 19 heteroatoms. The van der Waals surface area contributed by atoms with Crippen LogP contribution in [0.25, 0.3) is 0 Å². The monoisotopic (exact) mass is 629 g/mol. The Bertz CT molecular complexity index is 1640. The number of hydrogen-bond donors (Lipinski definition) is 3. The first kappa shape index (κ1) is 31.4. The molecule has 10 atom stereocenters. The molecular weight excluding hydrogens is 597 g/mol. The molecule has 5 rings (SSSR count). The van der Waals surface area contributed by atoms with Gasteiger partial charge < -0.3 is 24.1 Å². The van der Waals surface area contributed by atoms with Crippen LogP contribution in [-0.2, 0) is 37.1 Å². The zero-order valence-corrected chi connectivity index (χ0v) is 24.4. The number of rotatable bonds is 5. The maximum atomic E-state index is 13.9. The molecule has 1 unspecified atom stereocenters. The number of phosphoric ester groups is 1. The third-order valence-electron chi connectivity index (χ3n) is 7.67. The van der Waals surface area contributed by atoms with Gasteiger partial charge in [0, 0.05) is 58.0 Å². The van der Waals surface area contributed by atoms with E-state index >= 15 is 0 Å². The lowest BCUT2D eigenvalue weighted by molar-refractivity contribution is -0.124. The number of phosphoric acid groups is 1. The summed E-state index contributed by atoms with van der Waals surface area (Å²) in [5, 5.41) is 11.4. The van der Waals surface area contributed by atoms with Crippen molar-refractivity contribution in [2.24, 2.45) is 10.9 Å². The number of fused-ring (bicyclic) bond motifs is 1. The molecule has 1 spiro atoms. The zero-order chi connectivity index (χ0) is 31.1. The van der Waals surface area contributed by atoms with Crippen molar-refractivity contribution in [2.45, 2.75) is 55.5 Å². The summed E-state index contributed by atoms with van der Waals surface area (Å²) in [5.41, 5.74) is -4.53. The van der Waals surface area contributed by atoms with Crippen molar-refractivity contribution in [1.82, 2.24) is 19.1 Å². The molecule has 43 heavy (non-hydrogen) atoms. The molecule has 0 aliphatic carbocycles. The second kappa shape index (κ2) is 12.1. The van der Waals surface area contributed by atoms with E-state index in [0.717, 1.165) is 28.4 Å². The molecular formula is C24H32N5O13P. The summed E-state index contributed by atoms with van der Waals surface area (Å²) in [6, 6.07) is 2.25. The second-order valence-electron chi connectivity index (χ2n) is 10.3. The lowest BCUT2D eigenvalue weighted by atomic mass is 9.95. The SMILES string of the molecule is CO[C@@H]1[C@@H]2OP(=O)(OC)OC[C@@]3(C/N=C/[C@H](C)[C@H]2O[C@H]1n1ccc(=O)[nH]c1=O)O[C@@H](n1ccc(=O)[nH]c1=O)[C@H](OC)[C@@H]3O. The minimum atomic E-state index is -4.47. The number of aromatic nitrogens is 4. The minimum absolute atomic E-state index is 0.259. The standard InChI is InChI=1S/C24H32N5O13P/c1-12-9-25-10-24(19(32)18(37-3)21(41-24)29-8-6-14(31)27-23(29)34)11-39-43(35,38-4)42-16-15(12)40-20(17(16)36-2)28-7-5-13(30)26-22(28)33/h5-9,12,15-21,32H,10-11H2,1-4H3,(H,26,30,33)(H,27,31,34)/b25-9+/t12-,15+,16+,17+,18+,19-,20+,21+,24+,43?/m0/s1. The van der Waals surface area contributed by atoms with E-state index in [4.69, 9.17) is 32.5 Å². The fourth-order valence-corrected chi connectivity index (χ4v) is 6.62. The van der Waals surface area contributed by atoms with Crippen molar-refractivity contribution in [3.8, 4) is 0 Å². The molecule has 3 aliphatic heterocycles. The number of aliphatic hydroxyl groups excluding tert-OH is 1. The number of nitrogens with one attached hydrogen (secondary N) is 2. The molecule has 18 nitrogen and oxygen atoms in total. The number of hydrogen-bond acceptors (Lipinski definition) is 14. The van der Waals surface area contributed by atoms with Gasteiger partial charge in [-0.1, -0.05) is 6.92 Å². The summed E-state index contributed by atoms with van der Waals surface area (Å²) in [6.45, 7) is 0.869. The van der Waals surface area contributed by atoms with Crippen LogP contribution < -0.4 is 22.5 Å². The maximum Gasteiger partial charge on any atom is 0.475 e. The number of H-pyrrole nitrogens is 2. The fraction of sp³-hybridized carbons (Fsp3) is 0.625. The van der Waals surface area contributed by atoms with Gasteiger partial charge in [0.15, 0.2) is 12.5 Å². The summed E-state index contributed by atoms with van der Waals surface area (Å²) in [6.07, 6.45) is -4.08.